The number of aryl methyl sites for hydroxylation is 1. The molecule has 1 saturated heterocycles. The molecule has 5 rings (SSSR count). The molecule has 43 heavy (non-hydrogen) atoms. The largest absolute Gasteiger partial charge is 0.489 e. The zero-order valence-corrected chi connectivity index (χ0v) is 26.0. The Hall–Kier alpha value is -3.96. The summed E-state index contributed by atoms with van der Waals surface area (Å²) in [6.07, 6.45) is 2.55. The van der Waals surface area contributed by atoms with Crippen molar-refractivity contribution in [1.29, 1.82) is 0 Å². The predicted octanol–water partition coefficient (Wildman–Crippen LogP) is 6.58. The second-order valence-corrected chi connectivity index (χ2v) is 10.6. The van der Waals surface area contributed by atoms with E-state index < -0.39 is 11.6 Å². The normalized spacial score (nSPS) is 13.7. The Balaban J connectivity index is 0.000000467. The second kappa shape index (κ2) is 15.0. The maximum Gasteiger partial charge on any atom is 0.268 e. The van der Waals surface area contributed by atoms with Crippen molar-refractivity contribution in [1.82, 2.24) is 24.8 Å². The maximum absolute atomic E-state index is 15.0. The third-order valence-electron chi connectivity index (χ3n) is 7.52. The van der Waals surface area contributed by atoms with Gasteiger partial charge in [0, 0.05) is 54.7 Å². The van der Waals surface area contributed by atoms with Gasteiger partial charge in [0.25, 0.3) is 5.88 Å². The lowest BCUT2D eigenvalue weighted by molar-refractivity contribution is 0.304. The Morgan fingerprint density at radius 1 is 1.00 bits per heavy atom. The van der Waals surface area contributed by atoms with Crippen molar-refractivity contribution in [2.75, 3.05) is 70.2 Å². The molecule has 2 aromatic carbocycles. The SMILES string of the molecule is CCCN(CC)CC.COc1c(Nc2ccc(N3CCN(C)CC3)cc2)ncnc1Oc1cc(F)c2[nH]c(C)cc2c1F. The van der Waals surface area contributed by atoms with Gasteiger partial charge in [-0.25, -0.2) is 13.8 Å². The van der Waals surface area contributed by atoms with Gasteiger partial charge in [0.2, 0.25) is 5.75 Å². The number of aromatic nitrogens is 3. The molecule has 4 aromatic rings. The van der Waals surface area contributed by atoms with Gasteiger partial charge in [0.15, 0.2) is 23.2 Å². The molecule has 232 valence electrons. The summed E-state index contributed by atoms with van der Waals surface area (Å²) in [5.41, 5.74) is 2.66. The highest BCUT2D eigenvalue weighted by Gasteiger charge is 2.21. The summed E-state index contributed by atoms with van der Waals surface area (Å²) >= 11 is 0. The molecule has 0 spiro atoms. The Morgan fingerprint density at radius 2 is 1.70 bits per heavy atom. The number of nitrogens with zero attached hydrogens (tertiary/aromatic N) is 5. The summed E-state index contributed by atoms with van der Waals surface area (Å²) in [5, 5.41) is 3.29. The molecule has 0 amide bonds. The molecule has 1 aliphatic rings. The number of aromatic amines is 1. The molecule has 0 radical (unpaired) electrons. The van der Waals surface area contributed by atoms with Crippen LogP contribution in [0.15, 0.2) is 42.7 Å². The molecular weight excluding hydrogens is 552 g/mol. The van der Waals surface area contributed by atoms with Crippen molar-refractivity contribution in [2.24, 2.45) is 0 Å². The van der Waals surface area contributed by atoms with E-state index in [1.165, 1.54) is 45.6 Å². The first-order valence-electron chi connectivity index (χ1n) is 14.8. The first-order valence-corrected chi connectivity index (χ1v) is 14.8. The lowest BCUT2D eigenvalue weighted by Crippen LogP contribution is -2.44. The van der Waals surface area contributed by atoms with E-state index in [-0.39, 0.29) is 28.3 Å². The van der Waals surface area contributed by atoms with Crippen LogP contribution in [0, 0.1) is 18.6 Å². The highest BCUT2D eigenvalue weighted by atomic mass is 19.1. The Morgan fingerprint density at radius 3 is 2.30 bits per heavy atom. The minimum Gasteiger partial charge on any atom is -0.489 e. The average Bonchev–Trinajstić information content (AvgIpc) is 3.42. The van der Waals surface area contributed by atoms with Gasteiger partial charge in [-0.05, 0) is 70.4 Å². The highest BCUT2D eigenvalue weighted by molar-refractivity contribution is 5.83. The van der Waals surface area contributed by atoms with Gasteiger partial charge in [-0.2, -0.15) is 4.98 Å². The number of anilines is 3. The first kappa shape index (κ1) is 32.0. The molecule has 3 heterocycles. The first-order chi connectivity index (χ1) is 20.8. The Bertz CT molecular complexity index is 1470. The van der Waals surface area contributed by atoms with E-state index in [2.05, 4.69) is 62.8 Å². The molecular formula is C32H43F2N7O2. The van der Waals surface area contributed by atoms with Gasteiger partial charge >= 0.3 is 0 Å². The second-order valence-electron chi connectivity index (χ2n) is 10.6. The number of ether oxygens (including phenoxy) is 2. The molecule has 2 aromatic heterocycles. The zero-order valence-electron chi connectivity index (χ0n) is 26.0. The van der Waals surface area contributed by atoms with Gasteiger partial charge < -0.3 is 34.5 Å². The number of hydrogen-bond acceptors (Lipinski definition) is 8. The van der Waals surface area contributed by atoms with Crippen LogP contribution in [0.1, 0.15) is 32.9 Å². The van der Waals surface area contributed by atoms with Crippen LogP contribution in [0.4, 0.5) is 26.0 Å². The van der Waals surface area contributed by atoms with E-state index >= 15 is 4.39 Å². The van der Waals surface area contributed by atoms with E-state index in [9.17, 15) is 4.39 Å². The van der Waals surface area contributed by atoms with Gasteiger partial charge in [0.05, 0.1) is 12.6 Å². The molecule has 2 N–H and O–H groups in total. The van der Waals surface area contributed by atoms with Crippen LogP contribution in [0.3, 0.4) is 0 Å². The molecule has 0 saturated carbocycles. The molecule has 0 unspecified atom stereocenters. The molecule has 1 aliphatic heterocycles. The molecule has 0 atom stereocenters. The highest BCUT2D eigenvalue weighted by Crippen LogP contribution is 2.38. The molecule has 1 fully saturated rings. The summed E-state index contributed by atoms with van der Waals surface area (Å²) in [6.45, 7) is 16.0. The monoisotopic (exact) mass is 595 g/mol. The number of benzene rings is 2. The third kappa shape index (κ3) is 7.91. The number of piperazine rings is 1. The number of hydrogen-bond donors (Lipinski definition) is 2. The van der Waals surface area contributed by atoms with E-state index in [4.69, 9.17) is 9.47 Å². The minimum absolute atomic E-state index is 0.0380. The fraction of sp³-hybridized carbons (Fsp3) is 0.438. The van der Waals surface area contributed by atoms with Crippen LogP contribution in [0.25, 0.3) is 10.9 Å². The van der Waals surface area contributed by atoms with Crippen LogP contribution in [0.2, 0.25) is 0 Å². The summed E-state index contributed by atoms with van der Waals surface area (Å²) in [6, 6.07) is 10.5. The van der Waals surface area contributed by atoms with Crippen LogP contribution in [-0.2, 0) is 0 Å². The summed E-state index contributed by atoms with van der Waals surface area (Å²) < 4.78 is 40.7. The van der Waals surface area contributed by atoms with Crippen molar-refractivity contribution >= 4 is 28.1 Å². The van der Waals surface area contributed by atoms with Gasteiger partial charge in [0.1, 0.15) is 6.33 Å². The molecule has 9 nitrogen and oxygen atoms in total. The smallest absolute Gasteiger partial charge is 0.268 e. The maximum atomic E-state index is 15.0. The van der Waals surface area contributed by atoms with Crippen LogP contribution in [-0.4, -0.2) is 84.7 Å². The number of halogens is 2. The summed E-state index contributed by atoms with van der Waals surface area (Å²) in [5.74, 6) is -1.15. The average molecular weight is 596 g/mol. The van der Waals surface area contributed by atoms with Gasteiger partial charge in [-0.15, -0.1) is 0 Å². The minimum atomic E-state index is -0.694. The van der Waals surface area contributed by atoms with E-state index in [0.29, 0.717) is 11.5 Å². The topological polar surface area (TPSA) is 81.8 Å². The Kier molecular flexibility index (Phi) is 11.1. The third-order valence-corrected chi connectivity index (χ3v) is 7.52. The lowest BCUT2D eigenvalue weighted by atomic mass is 10.2. The quantitative estimate of drug-likeness (QED) is 0.213. The van der Waals surface area contributed by atoms with Crippen LogP contribution in [0.5, 0.6) is 17.4 Å². The summed E-state index contributed by atoms with van der Waals surface area (Å²) in [7, 11) is 3.56. The predicted molar refractivity (Wildman–Crippen MR) is 169 cm³/mol. The fourth-order valence-corrected chi connectivity index (χ4v) is 5.03. The van der Waals surface area contributed by atoms with Crippen molar-refractivity contribution in [3.63, 3.8) is 0 Å². The molecule has 0 bridgehead atoms. The van der Waals surface area contributed by atoms with Crippen molar-refractivity contribution in [3.05, 3.63) is 60.1 Å². The zero-order chi connectivity index (χ0) is 30.9. The Labute approximate surface area is 252 Å². The van der Waals surface area contributed by atoms with Gasteiger partial charge in [-0.3, -0.25) is 0 Å². The fourth-order valence-electron chi connectivity index (χ4n) is 5.03. The van der Waals surface area contributed by atoms with Crippen molar-refractivity contribution in [2.45, 2.75) is 34.1 Å². The van der Waals surface area contributed by atoms with E-state index in [0.717, 1.165) is 43.6 Å². The standard InChI is InChI=1S/C25H26F2N6O2.C7H17N/c1-15-12-18-21(27)20(13-19(26)22(18)30-15)35-25-23(34-3)24(28-14-29-25)31-16-4-6-17(7-5-16)33-10-8-32(2)9-11-33;1-4-7-8(5-2)6-3/h4-7,12-14,30H,8-11H2,1-3H3,(H,28,29,31);4-7H2,1-3H3. The number of nitrogens with one attached hydrogen (secondary N) is 2. The van der Waals surface area contributed by atoms with Crippen molar-refractivity contribution in [3.8, 4) is 17.4 Å². The van der Waals surface area contributed by atoms with E-state index in [1.54, 1.807) is 6.92 Å². The summed E-state index contributed by atoms with van der Waals surface area (Å²) in [4.78, 5) is 18.2. The number of rotatable bonds is 10. The van der Waals surface area contributed by atoms with Crippen LogP contribution >= 0.6 is 0 Å². The number of likely N-dealkylation sites (N-methyl/N-ethyl adjacent to an activating group) is 1. The molecule has 11 heteroatoms. The number of fused-ring (bicyclic) bond motifs is 1. The van der Waals surface area contributed by atoms with Gasteiger partial charge in [-0.1, -0.05) is 20.8 Å². The lowest BCUT2D eigenvalue weighted by Gasteiger charge is -2.34. The number of H-pyrrole nitrogens is 1. The molecule has 0 aliphatic carbocycles. The van der Waals surface area contributed by atoms with Crippen molar-refractivity contribution < 1.29 is 18.3 Å². The van der Waals surface area contributed by atoms with Crippen LogP contribution < -0.4 is 19.7 Å². The van der Waals surface area contributed by atoms with E-state index in [1.807, 2.05) is 24.3 Å². The number of methoxy groups -OCH3 is 1.